The molecule has 2 heterocycles. The van der Waals surface area contributed by atoms with Gasteiger partial charge < -0.3 is 14.6 Å². The van der Waals surface area contributed by atoms with Crippen molar-refractivity contribution in [1.82, 2.24) is 14.9 Å². The molecule has 0 bridgehead atoms. The molecule has 0 fully saturated rings. The van der Waals surface area contributed by atoms with Crippen LogP contribution < -0.4 is 5.32 Å². The molecule has 2 rings (SSSR count). The molecule has 0 unspecified atom stereocenters. The van der Waals surface area contributed by atoms with E-state index in [2.05, 4.69) is 10.3 Å². The van der Waals surface area contributed by atoms with Crippen LogP contribution in [-0.4, -0.2) is 35.5 Å². The lowest BCUT2D eigenvalue weighted by Gasteiger charge is -2.17. The zero-order valence-corrected chi connectivity index (χ0v) is 11.8. The largest absolute Gasteiger partial charge is 0.411 e. The van der Waals surface area contributed by atoms with E-state index in [1.807, 2.05) is 18.4 Å². The monoisotopic (exact) mass is 291 g/mol. The van der Waals surface area contributed by atoms with Gasteiger partial charge in [0.2, 0.25) is 0 Å². The Kier molecular flexibility index (Phi) is 4.70. The van der Waals surface area contributed by atoms with Crippen LogP contribution in [0.2, 0.25) is 0 Å². The lowest BCUT2D eigenvalue weighted by atomic mass is 10.2. The Hall–Kier alpha value is -1.08. The molecule has 0 aromatic carbocycles. The molecule has 0 amide bonds. The quantitative estimate of drug-likeness (QED) is 0.846. The molecule has 0 radical (unpaired) electrons. The van der Waals surface area contributed by atoms with Crippen molar-refractivity contribution in [2.24, 2.45) is 0 Å². The lowest BCUT2D eigenvalue weighted by Crippen LogP contribution is -2.26. The van der Waals surface area contributed by atoms with Gasteiger partial charge >= 0.3 is 6.18 Å². The van der Waals surface area contributed by atoms with Gasteiger partial charge in [-0.25, -0.2) is 4.98 Å². The first-order chi connectivity index (χ1) is 9.38. The highest BCUT2D eigenvalue weighted by Crippen LogP contribution is 2.22. The summed E-state index contributed by atoms with van der Waals surface area (Å²) in [7, 11) is 0. The third-order valence-corrected chi connectivity index (χ3v) is 3.26. The number of hydrogen-bond acceptors (Lipinski definition) is 3. The molecule has 1 aliphatic heterocycles. The summed E-state index contributed by atoms with van der Waals surface area (Å²) in [6.07, 6.45) is -3.41. The average molecular weight is 291 g/mol. The summed E-state index contributed by atoms with van der Waals surface area (Å²) in [5, 5.41) is 3.25. The van der Waals surface area contributed by atoms with E-state index in [1.165, 1.54) is 0 Å². The van der Waals surface area contributed by atoms with Crippen LogP contribution in [0.5, 0.6) is 0 Å². The maximum Gasteiger partial charge on any atom is 0.411 e. The molecule has 114 valence electrons. The topological polar surface area (TPSA) is 39.1 Å². The maximum atomic E-state index is 12.0. The van der Waals surface area contributed by atoms with Crippen LogP contribution in [0.15, 0.2) is 0 Å². The number of ether oxygens (including phenoxy) is 1. The summed E-state index contributed by atoms with van der Waals surface area (Å²) in [5.41, 5.74) is 2.14. The number of halogens is 3. The Morgan fingerprint density at radius 2 is 2.15 bits per heavy atom. The number of imidazole rings is 1. The summed E-state index contributed by atoms with van der Waals surface area (Å²) in [4.78, 5) is 4.60. The number of nitrogens with zero attached hydrogens (tertiary/aromatic N) is 2. The van der Waals surface area contributed by atoms with Gasteiger partial charge in [0.05, 0.1) is 12.3 Å². The molecule has 1 aromatic rings. The van der Waals surface area contributed by atoms with E-state index in [-0.39, 0.29) is 12.5 Å². The number of nitrogens with one attached hydrogen (secondary N) is 1. The van der Waals surface area contributed by atoms with Crippen LogP contribution in [-0.2, 0) is 24.2 Å². The van der Waals surface area contributed by atoms with Crippen molar-refractivity contribution in [3.8, 4) is 0 Å². The van der Waals surface area contributed by atoms with E-state index in [9.17, 15) is 13.2 Å². The Balaban J connectivity index is 2.04. The van der Waals surface area contributed by atoms with Gasteiger partial charge in [-0.3, -0.25) is 0 Å². The van der Waals surface area contributed by atoms with Crippen molar-refractivity contribution < 1.29 is 17.9 Å². The van der Waals surface area contributed by atoms with Crippen molar-refractivity contribution in [2.45, 2.75) is 45.5 Å². The van der Waals surface area contributed by atoms with Crippen molar-refractivity contribution >= 4 is 0 Å². The zero-order valence-electron chi connectivity index (χ0n) is 11.8. The molecule has 20 heavy (non-hydrogen) atoms. The molecule has 1 aromatic heterocycles. The summed E-state index contributed by atoms with van der Waals surface area (Å²) in [6, 6.07) is 0. The van der Waals surface area contributed by atoms with Gasteiger partial charge in [0, 0.05) is 37.7 Å². The SMILES string of the molecule is CC(C)c1nc2c(n1CCOCC(F)(F)F)CCNC2. The fourth-order valence-corrected chi connectivity index (χ4v) is 2.43. The Bertz CT molecular complexity index is 454. The molecular weight excluding hydrogens is 271 g/mol. The fraction of sp³-hybridized carbons (Fsp3) is 0.769. The molecule has 0 aliphatic carbocycles. The second-order valence-corrected chi connectivity index (χ2v) is 5.26. The molecule has 7 heteroatoms. The third-order valence-electron chi connectivity index (χ3n) is 3.26. The van der Waals surface area contributed by atoms with Crippen molar-refractivity contribution in [1.29, 1.82) is 0 Å². The summed E-state index contributed by atoms with van der Waals surface area (Å²) in [6.45, 7) is 4.96. The van der Waals surface area contributed by atoms with Gasteiger partial charge in [0.25, 0.3) is 0 Å². The van der Waals surface area contributed by atoms with E-state index in [0.717, 1.165) is 36.7 Å². The van der Waals surface area contributed by atoms with E-state index >= 15 is 0 Å². The average Bonchev–Trinajstić information content (AvgIpc) is 2.72. The number of fused-ring (bicyclic) bond motifs is 1. The van der Waals surface area contributed by atoms with Crippen molar-refractivity contribution in [3.05, 3.63) is 17.2 Å². The number of aromatic nitrogens is 2. The normalized spacial score (nSPS) is 15.7. The minimum atomic E-state index is -4.26. The third kappa shape index (κ3) is 3.73. The second-order valence-electron chi connectivity index (χ2n) is 5.26. The number of rotatable bonds is 5. The van der Waals surface area contributed by atoms with E-state index < -0.39 is 12.8 Å². The van der Waals surface area contributed by atoms with Gasteiger partial charge in [-0.15, -0.1) is 0 Å². The van der Waals surface area contributed by atoms with Crippen LogP contribution in [0, 0.1) is 0 Å². The first kappa shape index (κ1) is 15.3. The standard InChI is InChI=1S/C13H20F3N3O/c1-9(2)12-18-10-7-17-4-3-11(10)19(12)5-6-20-8-13(14,15)16/h9,17H,3-8H2,1-2H3. The molecule has 0 atom stereocenters. The number of hydrogen-bond donors (Lipinski definition) is 1. The smallest absolute Gasteiger partial charge is 0.370 e. The molecule has 1 aliphatic rings. The van der Waals surface area contributed by atoms with Crippen LogP contribution in [0.25, 0.3) is 0 Å². The van der Waals surface area contributed by atoms with Gasteiger partial charge in [0.1, 0.15) is 12.4 Å². The highest BCUT2D eigenvalue weighted by atomic mass is 19.4. The van der Waals surface area contributed by atoms with Crippen LogP contribution in [0.3, 0.4) is 0 Å². The highest BCUT2D eigenvalue weighted by Gasteiger charge is 2.27. The highest BCUT2D eigenvalue weighted by molar-refractivity contribution is 5.21. The summed E-state index contributed by atoms with van der Waals surface area (Å²) in [5.74, 6) is 1.16. The van der Waals surface area contributed by atoms with Gasteiger partial charge in [-0.1, -0.05) is 13.8 Å². The van der Waals surface area contributed by atoms with Crippen molar-refractivity contribution in [2.75, 3.05) is 19.8 Å². The predicted molar refractivity (Wildman–Crippen MR) is 68.6 cm³/mol. The van der Waals surface area contributed by atoms with Crippen LogP contribution in [0.1, 0.15) is 37.0 Å². The fourth-order valence-electron chi connectivity index (χ4n) is 2.43. The Morgan fingerprint density at radius 3 is 2.80 bits per heavy atom. The van der Waals surface area contributed by atoms with E-state index in [1.54, 1.807) is 0 Å². The minimum Gasteiger partial charge on any atom is -0.370 e. The van der Waals surface area contributed by atoms with E-state index in [0.29, 0.717) is 6.54 Å². The lowest BCUT2D eigenvalue weighted by molar-refractivity contribution is -0.174. The second kappa shape index (κ2) is 6.13. The minimum absolute atomic E-state index is 0.0511. The first-order valence-corrected chi connectivity index (χ1v) is 6.82. The summed E-state index contributed by atoms with van der Waals surface area (Å²) >= 11 is 0. The van der Waals surface area contributed by atoms with Crippen molar-refractivity contribution in [3.63, 3.8) is 0 Å². The van der Waals surface area contributed by atoms with Gasteiger partial charge in [0.15, 0.2) is 0 Å². The van der Waals surface area contributed by atoms with E-state index in [4.69, 9.17) is 4.74 Å². The maximum absolute atomic E-state index is 12.0. The molecule has 0 saturated carbocycles. The number of alkyl halides is 3. The first-order valence-electron chi connectivity index (χ1n) is 6.82. The molecule has 0 saturated heterocycles. The summed E-state index contributed by atoms with van der Waals surface area (Å²) < 4.78 is 42.9. The van der Waals surface area contributed by atoms with Crippen LogP contribution in [0.4, 0.5) is 13.2 Å². The molecule has 1 N–H and O–H groups in total. The van der Waals surface area contributed by atoms with Gasteiger partial charge in [-0.05, 0) is 0 Å². The van der Waals surface area contributed by atoms with Gasteiger partial charge in [-0.2, -0.15) is 13.2 Å². The predicted octanol–water partition coefficient (Wildman–Crippen LogP) is 2.23. The zero-order chi connectivity index (χ0) is 14.8. The molecule has 4 nitrogen and oxygen atoms in total. The Labute approximate surface area is 116 Å². The molecular formula is C13H20F3N3O. The molecule has 0 spiro atoms. The Morgan fingerprint density at radius 1 is 1.40 bits per heavy atom. The van der Waals surface area contributed by atoms with Crippen LogP contribution >= 0.6 is 0 Å².